The third-order valence-electron chi connectivity index (χ3n) is 3.35. The van der Waals surface area contributed by atoms with Crippen molar-refractivity contribution in [2.45, 2.75) is 20.0 Å². The second-order valence-corrected chi connectivity index (χ2v) is 4.81. The predicted molar refractivity (Wildman–Crippen MR) is 78.2 cm³/mol. The Morgan fingerprint density at radius 1 is 1.43 bits per heavy atom. The molecule has 2 aromatic heterocycles. The average molecular weight is 292 g/mol. The van der Waals surface area contributed by atoms with E-state index in [1.807, 2.05) is 17.9 Å². The Morgan fingerprint density at radius 3 is 2.86 bits per heavy atom. The van der Waals surface area contributed by atoms with Gasteiger partial charge in [-0.05, 0) is 18.7 Å². The zero-order chi connectivity index (χ0) is 15.2. The monoisotopic (exact) mass is 292 g/mol. The highest BCUT2D eigenvalue weighted by atomic mass is 16.3. The first kappa shape index (κ1) is 15.3. The number of rotatable bonds is 7. The minimum absolute atomic E-state index is 0.0638. The first-order chi connectivity index (χ1) is 10.1. The van der Waals surface area contributed by atoms with Crippen LogP contribution in [0.25, 0.3) is 0 Å². The summed E-state index contributed by atoms with van der Waals surface area (Å²) in [6.07, 6.45) is 3.01. The van der Waals surface area contributed by atoms with Gasteiger partial charge in [0.1, 0.15) is 5.76 Å². The Balaban J connectivity index is 2.29. The zero-order valence-electron chi connectivity index (χ0n) is 12.0. The molecule has 0 aromatic carbocycles. The Kier molecular flexibility index (Phi) is 5.19. The van der Waals surface area contributed by atoms with Gasteiger partial charge in [0.15, 0.2) is 5.75 Å². The third-order valence-corrected chi connectivity index (χ3v) is 3.35. The molecule has 2 rings (SSSR count). The molecule has 0 aliphatic rings. The predicted octanol–water partition coefficient (Wildman–Crippen LogP) is 1.01. The van der Waals surface area contributed by atoms with E-state index in [0.29, 0.717) is 19.6 Å². The average Bonchev–Trinajstić information content (AvgIpc) is 2.96. The van der Waals surface area contributed by atoms with Crippen LogP contribution in [0.3, 0.4) is 0 Å². The number of aromatic nitrogens is 1. The fourth-order valence-electron chi connectivity index (χ4n) is 2.18. The van der Waals surface area contributed by atoms with Crippen molar-refractivity contribution in [3.63, 3.8) is 0 Å². The lowest BCUT2D eigenvalue weighted by Crippen LogP contribution is -2.28. The zero-order valence-corrected chi connectivity index (χ0v) is 12.0. The number of hydrogen-bond donors (Lipinski definition) is 2. The molecule has 6 nitrogen and oxygen atoms in total. The van der Waals surface area contributed by atoms with Crippen molar-refractivity contribution in [1.29, 1.82) is 0 Å². The molecule has 0 saturated heterocycles. The fourth-order valence-corrected chi connectivity index (χ4v) is 2.18. The normalized spacial score (nSPS) is 11.2. The van der Waals surface area contributed by atoms with Gasteiger partial charge in [-0.1, -0.05) is 6.92 Å². The molecule has 0 atom stereocenters. The summed E-state index contributed by atoms with van der Waals surface area (Å²) in [5.41, 5.74) is 0.366. The second-order valence-electron chi connectivity index (χ2n) is 4.81. The van der Waals surface area contributed by atoms with Crippen LogP contribution in [0, 0.1) is 0 Å². The molecule has 0 saturated carbocycles. The highest BCUT2D eigenvalue weighted by molar-refractivity contribution is 5.21. The number of aliphatic hydroxyl groups is 1. The minimum atomic E-state index is -0.402. The summed E-state index contributed by atoms with van der Waals surface area (Å²) >= 11 is 0. The quantitative estimate of drug-likeness (QED) is 0.796. The molecule has 0 unspecified atom stereocenters. The molecule has 0 aliphatic carbocycles. The molecule has 6 heteroatoms. The van der Waals surface area contributed by atoms with Crippen molar-refractivity contribution >= 4 is 0 Å². The molecule has 0 aliphatic heterocycles. The molecule has 0 fully saturated rings. The van der Waals surface area contributed by atoms with Gasteiger partial charge in [0.25, 0.3) is 0 Å². The van der Waals surface area contributed by atoms with E-state index in [0.717, 1.165) is 18.0 Å². The van der Waals surface area contributed by atoms with Crippen molar-refractivity contribution in [3.05, 3.63) is 52.3 Å². The van der Waals surface area contributed by atoms with E-state index < -0.39 is 5.43 Å². The molecule has 0 spiro atoms. The van der Waals surface area contributed by atoms with Crippen LogP contribution >= 0.6 is 0 Å². The van der Waals surface area contributed by atoms with Crippen molar-refractivity contribution in [2.75, 3.05) is 19.7 Å². The maximum absolute atomic E-state index is 11.7. The maximum atomic E-state index is 11.7. The molecular weight excluding hydrogens is 272 g/mol. The third kappa shape index (κ3) is 3.96. The molecule has 114 valence electrons. The number of nitrogens with zero attached hydrogens (tertiary/aromatic N) is 2. The summed E-state index contributed by atoms with van der Waals surface area (Å²) in [6, 6.07) is 5.06. The maximum Gasteiger partial charge on any atom is 0.223 e. The number of likely N-dealkylation sites (N-methyl/N-ethyl adjacent to an activating group) is 1. The standard InChI is InChI=1S/C15H20N2O4/c1-2-16(5-6-18)9-12-8-14(19)15(20)11-17(12)10-13-4-3-7-21-13/h3-4,7-8,11,18,20H,2,5-6,9-10H2,1H3. The van der Waals surface area contributed by atoms with Gasteiger partial charge >= 0.3 is 0 Å². The number of aliphatic hydroxyl groups excluding tert-OH is 1. The van der Waals surface area contributed by atoms with E-state index in [1.165, 1.54) is 12.3 Å². The molecule has 2 N–H and O–H groups in total. The summed E-state index contributed by atoms with van der Waals surface area (Å²) in [4.78, 5) is 13.7. The van der Waals surface area contributed by atoms with Gasteiger partial charge < -0.3 is 19.2 Å². The van der Waals surface area contributed by atoms with Crippen LogP contribution in [0.5, 0.6) is 5.75 Å². The van der Waals surface area contributed by atoms with Gasteiger partial charge in [-0.15, -0.1) is 0 Å². The Hall–Kier alpha value is -2.05. The Labute approximate surface area is 122 Å². The van der Waals surface area contributed by atoms with Crippen molar-refractivity contribution in [1.82, 2.24) is 9.47 Å². The smallest absolute Gasteiger partial charge is 0.223 e. The SMILES string of the molecule is CCN(CCO)Cc1cc(=O)c(O)cn1Cc1ccco1. The molecule has 2 heterocycles. The first-order valence-corrected chi connectivity index (χ1v) is 6.92. The van der Waals surface area contributed by atoms with Crippen molar-refractivity contribution < 1.29 is 14.6 Å². The van der Waals surface area contributed by atoms with Crippen LogP contribution in [0.2, 0.25) is 0 Å². The summed E-state index contributed by atoms with van der Waals surface area (Å²) in [5, 5.41) is 18.7. The van der Waals surface area contributed by atoms with Gasteiger partial charge in [-0.3, -0.25) is 9.69 Å². The first-order valence-electron chi connectivity index (χ1n) is 6.92. The summed E-state index contributed by atoms with van der Waals surface area (Å²) in [6.45, 7) is 4.31. The summed E-state index contributed by atoms with van der Waals surface area (Å²) in [5.74, 6) is 0.458. The van der Waals surface area contributed by atoms with Crippen molar-refractivity contribution in [3.8, 4) is 5.75 Å². The van der Waals surface area contributed by atoms with Crippen LogP contribution in [0.15, 0.2) is 39.9 Å². The number of aromatic hydroxyl groups is 1. The topological polar surface area (TPSA) is 78.8 Å². The van der Waals surface area contributed by atoms with Crippen LogP contribution in [0.1, 0.15) is 18.4 Å². The molecule has 0 bridgehead atoms. The van der Waals surface area contributed by atoms with E-state index >= 15 is 0 Å². The molecule has 21 heavy (non-hydrogen) atoms. The lowest BCUT2D eigenvalue weighted by molar-refractivity contribution is 0.193. The van der Waals surface area contributed by atoms with Gasteiger partial charge in [0, 0.05) is 24.8 Å². The van der Waals surface area contributed by atoms with E-state index in [4.69, 9.17) is 9.52 Å². The lowest BCUT2D eigenvalue weighted by atomic mass is 10.2. The van der Waals surface area contributed by atoms with Gasteiger partial charge in [-0.2, -0.15) is 0 Å². The van der Waals surface area contributed by atoms with Crippen LogP contribution in [-0.4, -0.2) is 39.4 Å². The number of furan rings is 1. The van der Waals surface area contributed by atoms with Crippen LogP contribution in [0.4, 0.5) is 0 Å². The Morgan fingerprint density at radius 2 is 2.24 bits per heavy atom. The van der Waals surface area contributed by atoms with Gasteiger partial charge in [-0.25, -0.2) is 0 Å². The highest BCUT2D eigenvalue weighted by Crippen LogP contribution is 2.12. The van der Waals surface area contributed by atoms with E-state index in [9.17, 15) is 9.90 Å². The highest BCUT2D eigenvalue weighted by Gasteiger charge is 2.11. The van der Waals surface area contributed by atoms with E-state index in [1.54, 1.807) is 16.9 Å². The minimum Gasteiger partial charge on any atom is -0.503 e. The van der Waals surface area contributed by atoms with Crippen molar-refractivity contribution in [2.24, 2.45) is 0 Å². The van der Waals surface area contributed by atoms with Crippen LogP contribution in [-0.2, 0) is 13.1 Å². The summed E-state index contributed by atoms with van der Waals surface area (Å²) < 4.78 is 7.09. The Bertz CT molecular complexity index is 619. The molecular formula is C15H20N2O4. The molecule has 0 radical (unpaired) electrons. The van der Waals surface area contributed by atoms with Crippen LogP contribution < -0.4 is 5.43 Å². The number of hydrogen-bond acceptors (Lipinski definition) is 5. The second kappa shape index (κ2) is 7.10. The summed E-state index contributed by atoms with van der Waals surface area (Å²) in [7, 11) is 0. The lowest BCUT2D eigenvalue weighted by Gasteiger charge is -2.21. The largest absolute Gasteiger partial charge is 0.503 e. The van der Waals surface area contributed by atoms with E-state index in [-0.39, 0.29) is 12.4 Å². The molecule has 0 amide bonds. The van der Waals surface area contributed by atoms with Gasteiger partial charge in [0.05, 0.1) is 25.6 Å². The van der Waals surface area contributed by atoms with Gasteiger partial charge in [0.2, 0.25) is 5.43 Å². The molecule has 2 aromatic rings. The number of pyridine rings is 1. The van der Waals surface area contributed by atoms with E-state index in [2.05, 4.69) is 0 Å². The fraction of sp³-hybridized carbons (Fsp3) is 0.400.